The Kier molecular flexibility index (Phi) is 5.17. The summed E-state index contributed by atoms with van der Waals surface area (Å²) in [5.74, 6) is 1.33. The molecule has 3 N–H and O–H groups in total. The number of aromatic amines is 1. The predicted molar refractivity (Wildman–Crippen MR) is 127 cm³/mol. The van der Waals surface area contributed by atoms with Gasteiger partial charge in [-0.25, -0.2) is 9.97 Å². The number of aryl methyl sites for hydroxylation is 1. The third-order valence-corrected chi connectivity index (χ3v) is 5.49. The molecule has 0 unspecified atom stereocenters. The van der Waals surface area contributed by atoms with Gasteiger partial charge in [-0.2, -0.15) is 9.97 Å². The van der Waals surface area contributed by atoms with Crippen LogP contribution in [0.1, 0.15) is 24.7 Å². The molecule has 166 valence electrons. The van der Waals surface area contributed by atoms with Gasteiger partial charge in [-0.15, -0.1) is 0 Å². The Balaban J connectivity index is 1.73. The number of hydrogen-bond acceptors (Lipinski definition) is 8. The minimum Gasteiger partial charge on any atom is -0.368 e. The zero-order chi connectivity index (χ0) is 22.9. The molecular weight excluding hydrogens is 418 g/mol. The molecule has 0 saturated carbocycles. The Morgan fingerprint density at radius 3 is 2.82 bits per heavy atom. The van der Waals surface area contributed by atoms with E-state index < -0.39 is 0 Å². The van der Waals surface area contributed by atoms with Crippen LogP contribution in [0.4, 0.5) is 11.8 Å². The fourth-order valence-electron chi connectivity index (χ4n) is 4.06. The molecule has 0 fully saturated rings. The molecule has 4 aromatic heterocycles. The topological polar surface area (TPSA) is 132 Å². The van der Waals surface area contributed by atoms with Crippen molar-refractivity contribution in [1.29, 1.82) is 0 Å². The van der Waals surface area contributed by atoms with Gasteiger partial charge < -0.3 is 15.6 Å². The fourth-order valence-corrected chi connectivity index (χ4v) is 4.06. The predicted octanol–water partition coefficient (Wildman–Crippen LogP) is 2.75. The van der Waals surface area contributed by atoms with Crippen molar-refractivity contribution in [1.82, 2.24) is 34.5 Å². The Morgan fingerprint density at radius 1 is 1.15 bits per heavy atom. The van der Waals surface area contributed by atoms with E-state index in [1.165, 1.54) is 0 Å². The van der Waals surface area contributed by atoms with Crippen molar-refractivity contribution in [3.63, 3.8) is 0 Å². The zero-order valence-corrected chi connectivity index (χ0v) is 18.4. The number of pyridine rings is 1. The van der Waals surface area contributed by atoms with Crippen LogP contribution in [0.3, 0.4) is 0 Å². The number of nitrogen functional groups attached to an aromatic ring is 1. The molecule has 4 heterocycles. The van der Waals surface area contributed by atoms with Gasteiger partial charge >= 0.3 is 0 Å². The van der Waals surface area contributed by atoms with Crippen LogP contribution in [0.15, 0.2) is 53.8 Å². The second-order valence-electron chi connectivity index (χ2n) is 7.78. The van der Waals surface area contributed by atoms with E-state index in [1.54, 1.807) is 29.4 Å². The monoisotopic (exact) mass is 441 g/mol. The molecule has 5 aromatic rings. The second kappa shape index (κ2) is 8.30. The van der Waals surface area contributed by atoms with Gasteiger partial charge in [-0.05, 0) is 37.1 Å². The Morgan fingerprint density at radius 2 is 2.03 bits per heavy atom. The van der Waals surface area contributed by atoms with E-state index in [4.69, 9.17) is 10.7 Å². The number of hydrogen-bond donors (Lipinski definition) is 2. The molecule has 10 heteroatoms. The maximum Gasteiger partial charge on any atom is 0.266 e. The maximum atomic E-state index is 13.7. The molecule has 0 radical (unpaired) electrons. The van der Waals surface area contributed by atoms with Crippen molar-refractivity contribution in [3.05, 3.63) is 70.8 Å². The quantitative estimate of drug-likeness (QED) is 0.411. The van der Waals surface area contributed by atoms with Gasteiger partial charge in [0.15, 0.2) is 11.5 Å². The summed E-state index contributed by atoms with van der Waals surface area (Å²) in [6.07, 6.45) is 5.75. The van der Waals surface area contributed by atoms with Crippen LogP contribution in [-0.2, 0) is 6.54 Å². The Labute approximate surface area is 189 Å². The van der Waals surface area contributed by atoms with Crippen molar-refractivity contribution < 1.29 is 0 Å². The minimum absolute atomic E-state index is 0.133. The van der Waals surface area contributed by atoms with E-state index in [0.717, 1.165) is 12.0 Å². The lowest BCUT2D eigenvalue weighted by atomic mass is 10.1. The third-order valence-electron chi connectivity index (χ3n) is 5.49. The highest BCUT2D eigenvalue weighted by molar-refractivity contribution is 5.84. The Bertz CT molecular complexity index is 1510. The van der Waals surface area contributed by atoms with E-state index in [2.05, 4.69) is 31.8 Å². The molecule has 5 rings (SSSR count). The van der Waals surface area contributed by atoms with Crippen LogP contribution >= 0.6 is 0 Å². The fraction of sp³-hybridized carbons (Fsp3) is 0.217. The van der Waals surface area contributed by atoms with Gasteiger partial charge in [0.2, 0.25) is 5.95 Å². The van der Waals surface area contributed by atoms with Crippen LogP contribution in [0.25, 0.3) is 27.8 Å². The molecule has 0 atom stereocenters. The summed E-state index contributed by atoms with van der Waals surface area (Å²) in [6, 6.07) is 9.34. The summed E-state index contributed by atoms with van der Waals surface area (Å²) in [6.45, 7) is 4.99. The van der Waals surface area contributed by atoms with Crippen LogP contribution in [0.2, 0.25) is 0 Å². The van der Waals surface area contributed by atoms with Crippen LogP contribution in [0, 0.1) is 6.92 Å². The van der Waals surface area contributed by atoms with E-state index in [-0.39, 0.29) is 11.5 Å². The standard InChI is InChI=1S/C23H23N9O/c1-3-10-31(21-19-20(27-13-26-19)29-23(24)30-21)12-17-28-16-8-4-6-14(2)18(16)22(33)32(17)15-7-5-9-25-11-15/h4-9,11,13H,3,10,12H2,1-2H3,(H3,24,26,27,29,30). The average Bonchev–Trinajstić information content (AvgIpc) is 3.27. The molecule has 33 heavy (non-hydrogen) atoms. The zero-order valence-electron chi connectivity index (χ0n) is 18.4. The lowest BCUT2D eigenvalue weighted by molar-refractivity contribution is 0.703. The largest absolute Gasteiger partial charge is 0.368 e. The number of anilines is 2. The first-order valence-electron chi connectivity index (χ1n) is 10.7. The molecule has 1 aromatic carbocycles. The van der Waals surface area contributed by atoms with E-state index in [1.807, 2.05) is 36.1 Å². The number of nitrogens with two attached hydrogens (primary N) is 1. The van der Waals surface area contributed by atoms with Crippen molar-refractivity contribution in [2.75, 3.05) is 17.2 Å². The molecule has 0 saturated heterocycles. The summed E-state index contributed by atoms with van der Waals surface area (Å²) in [7, 11) is 0. The first-order valence-corrected chi connectivity index (χ1v) is 10.7. The van der Waals surface area contributed by atoms with Gasteiger partial charge in [0.25, 0.3) is 5.56 Å². The number of nitrogens with zero attached hydrogens (tertiary/aromatic N) is 7. The summed E-state index contributed by atoms with van der Waals surface area (Å²) >= 11 is 0. The molecule has 0 amide bonds. The van der Waals surface area contributed by atoms with Crippen LogP contribution in [0.5, 0.6) is 0 Å². The van der Waals surface area contributed by atoms with Crippen LogP contribution in [-0.4, -0.2) is 41.0 Å². The van der Waals surface area contributed by atoms with Gasteiger partial charge in [0, 0.05) is 12.7 Å². The number of imidazole rings is 1. The molecule has 10 nitrogen and oxygen atoms in total. The summed E-state index contributed by atoms with van der Waals surface area (Å²) in [5, 5.41) is 0.592. The molecular formula is C23H23N9O. The SMILES string of the molecule is CCCN(Cc1nc2cccc(C)c2c(=O)n1-c1cccnc1)c1nc(N)nc2nc[nH]c12. The normalized spacial score (nSPS) is 11.3. The second-order valence-corrected chi connectivity index (χ2v) is 7.78. The summed E-state index contributed by atoms with van der Waals surface area (Å²) < 4.78 is 1.62. The average molecular weight is 441 g/mol. The number of nitrogens with one attached hydrogen (secondary N) is 1. The van der Waals surface area contributed by atoms with Crippen molar-refractivity contribution >= 4 is 33.8 Å². The first kappa shape index (κ1) is 20.6. The number of rotatable bonds is 6. The molecule has 0 aliphatic heterocycles. The molecule has 0 spiro atoms. The third kappa shape index (κ3) is 3.65. The Hall–Kier alpha value is -4.34. The van der Waals surface area contributed by atoms with Gasteiger partial charge in [0.1, 0.15) is 11.3 Å². The van der Waals surface area contributed by atoms with Crippen LogP contribution < -0.4 is 16.2 Å². The first-order chi connectivity index (χ1) is 16.1. The van der Waals surface area contributed by atoms with E-state index >= 15 is 0 Å². The lowest BCUT2D eigenvalue weighted by Crippen LogP contribution is -2.32. The highest BCUT2D eigenvalue weighted by Gasteiger charge is 2.20. The van der Waals surface area contributed by atoms with Crippen molar-refractivity contribution in [2.45, 2.75) is 26.8 Å². The smallest absolute Gasteiger partial charge is 0.266 e. The highest BCUT2D eigenvalue weighted by atomic mass is 16.1. The van der Waals surface area contributed by atoms with E-state index in [0.29, 0.717) is 52.5 Å². The highest BCUT2D eigenvalue weighted by Crippen LogP contribution is 2.25. The number of H-pyrrole nitrogens is 1. The summed E-state index contributed by atoms with van der Waals surface area (Å²) in [4.78, 5) is 40.8. The molecule has 0 aliphatic rings. The number of aromatic nitrogens is 7. The van der Waals surface area contributed by atoms with Gasteiger partial charge in [-0.1, -0.05) is 19.1 Å². The van der Waals surface area contributed by atoms with E-state index in [9.17, 15) is 4.79 Å². The summed E-state index contributed by atoms with van der Waals surface area (Å²) in [5.41, 5.74) is 9.19. The van der Waals surface area contributed by atoms with Gasteiger partial charge in [-0.3, -0.25) is 14.3 Å². The molecule has 0 bridgehead atoms. The number of fused-ring (bicyclic) bond motifs is 2. The van der Waals surface area contributed by atoms with Crippen molar-refractivity contribution in [3.8, 4) is 5.69 Å². The number of benzene rings is 1. The maximum absolute atomic E-state index is 13.7. The minimum atomic E-state index is -0.133. The van der Waals surface area contributed by atoms with Gasteiger partial charge in [0.05, 0.1) is 35.7 Å². The molecule has 0 aliphatic carbocycles. The van der Waals surface area contributed by atoms with Crippen molar-refractivity contribution in [2.24, 2.45) is 0 Å². The lowest BCUT2D eigenvalue weighted by Gasteiger charge is -2.25.